The lowest BCUT2D eigenvalue weighted by molar-refractivity contribution is 0.0600. The minimum Gasteiger partial charge on any atom is -0.487 e. The SMILES string of the molecule is COC(=O)c1ccc(-c2cc3c(cc2OCc2csc(-c4ccc(Cl)cc4)n2)C(=O)CC3)cc1. The Kier molecular flexibility index (Phi) is 6.18. The quantitative estimate of drug-likeness (QED) is 0.284. The van der Waals surface area contributed by atoms with Gasteiger partial charge in [0.1, 0.15) is 17.4 Å². The Bertz CT molecular complexity index is 1380. The Morgan fingerprint density at radius 3 is 2.47 bits per heavy atom. The average molecular weight is 490 g/mol. The predicted molar refractivity (Wildman–Crippen MR) is 133 cm³/mol. The van der Waals surface area contributed by atoms with Gasteiger partial charge in [-0.2, -0.15) is 0 Å². The van der Waals surface area contributed by atoms with Crippen molar-refractivity contribution < 1.29 is 19.1 Å². The number of ketones is 1. The third kappa shape index (κ3) is 4.47. The van der Waals surface area contributed by atoms with E-state index in [1.54, 1.807) is 12.1 Å². The first-order valence-electron chi connectivity index (χ1n) is 10.7. The maximum Gasteiger partial charge on any atom is 0.337 e. The zero-order valence-corrected chi connectivity index (χ0v) is 19.9. The second-order valence-corrected chi connectivity index (χ2v) is 9.23. The van der Waals surface area contributed by atoms with E-state index in [9.17, 15) is 9.59 Å². The van der Waals surface area contributed by atoms with Crippen molar-refractivity contribution in [2.24, 2.45) is 0 Å². The number of nitrogens with zero attached hydrogens (tertiary/aromatic N) is 1. The van der Waals surface area contributed by atoms with Gasteiger partial charge in [0.25, 0.3) is 0 Å². The van der Waals surface area contributed by atoms with Gasteiger partial charge in [-0.3, -0.25) is 4.79 Å². The minimum atomic E-state index is -0.386. The number of methoxy groups -OCH3 is 1. The summed E-state index contributed by atoms with van der Waals surface area (Å²) in [4.78, 5) is 28.8. The minimum absolute atomic E-state index is 0.131. The molecule has 4 aromatic rings. The fourth-order valence-electron chi connectivity index (χ4n) is 3.97. The molecule has 0 bridgehead atoms. The van der Waals surface area contributed by atoms with Crippen LogP contribution < -0.4 is 4.74 Å². The van der Waals surface area contributed by atoms with Gasteiger partial charge in [0, 0.05) is 33.5 Å². The zero-order valence-electron chi connectivity index (χ0n) is 18.3. The molecular formula is C27H20ClNO4S. The number of benzene rings is 3. The molecule has 1 aliphatic rings. The summed E-state index contributed by atoms with van der Waals surface area (Å²) in [6.07, 6.45) is 1.23. The van der Waals surface area contributed by atoms with Crippen LogP contribution in [0.2, 0.25) is 5.02 Å². The molecule has 0 aliphatic heterocycles. The van der Waals surface area contributed by atoms with Crippen molar-refractivity contribution in [3.05, 3.63) is 93.5 Å². The highest BCUT2D eigenvalue weighted by atomic mass is 35.5. The summed E-state index contributed by atoms with van der Waals surface area (Å²) in [5.74, 6) is 0.356. The highest BCUT2D eigenvalue weighted by molar-refractivity contribution is 7.13. The van der Waals surface area contributed by atoms with Crippen LogP contribution in [0.25, 0.3) is 21.7 Å². The van der Waals surface area contributed by atoms with Crippen molar-refractivity contribution >= 4 is 34.7 Å². The number of carbonyl (C=O) groups is 2. The molecule has 0 fully saturated rings. The van der Waals surface area contributed by atoms with Gasteiger partial charge in [-0.15, -0.1) is 11.3 Å². The molecule has 1 aliphatic carbocycles. The molecule has 0 atom stereocenters. The van der Waals surface area contributed by atoms with E-state index in [0.717, 1.165) is 39.4 Å². The second kappa shape index (κ2) is 9.41. The summed E-state index contributed by atoms with van der Waals surface area (Å²) in [6, 6.07) is 18.6. The van der Waals surface area contributed by atoms with Crippen molar-refractivity contribution in [3.63, 3.8) is 0 Å². The molecule has 0 amide bonds. The summed E-state index contributed by atoms with van der Waals surface area (Å²) in [6.45, 7) is 0.268. The van der Waals surface area contributed by atoms with Crippen LogP contribution in [0.15, 0.2) is 66.0 Å². The summed E-state index contributed by atoms with van der Waals surface area (Å²) in [5, 5.41) is 3.54. The van der Waals surface area contributed by atoms with Gasteiger partial charge in [0.05, 0.1) is 18.4 Å². The van der Waals surface area contributed by atoms with E-state index >= 15 is 0 Å². The van der Waals surface area contributed by atoms with Crippen LogP contribution in [-0.4, -0.2) is 23.8 Å². The van der Waals surface area contributed by atoms with E-state index in [1.165, 1.54) is 18.4 Å². The van der Waals surface area contributed by atoms with Crippen LogP contribution >= 0.6 is 22.9 Å². The van der Waals surface area contributed by atoms with Crippen LogP contribution in [0.4, 0.5) is 0 Å². The Balaban J connectivity index is 1.43. The number of esters is 1. The van der Waals surface area contributed by atoms with Crippen molar-refractivity contribution in [1.82, 2.24) is 4.98 Å². The van der Waals surface area contributed by atoms with E-state index in [1.807, 2.05) is 53.9 Å². The molecule has 1 heterocycles. The molecule has 170 valence electrons. The summed E-state index contributed by atoms with van der Waals surface area (Å²) >= 11 is 7.52. The topological polar surface area (TPSA) is 65.5 Å². The summed E-state index contributed by atoms with van der Waals surface area (Å²) < 4.78 is 11.0. The lowest BCUT2D eigenvalue weighted by atomic mass is 9.98. The number of ether oxygens (including phenoxy) is 2. The third-order valence-corrected chi connectivity index (χ3v) is 6.95. The highest BCUT2D eigenvalue weighted by Gasteiger charge is 2.23. The first-order chi connectivity index (χ1) is 16.5. The molecular weight excluding hydrogens is 470 g/mol. The van der Waals surface area contributed by atoms with Crippen LogP contribution in [-0.2, 0) is 17.8 Å². The summed E-state index contributed by atoms with van der Waals surface area (Å²) in [7, 11) is 1.36. The normalized spacial score (nSPS) is 12.5. The Labute approximate surface area is 205 Å². The van der Waals surface area contributed by atoms with Gasteiger partial charge in [0.15, 0.2) is 5.78 Å². The van der Waals surface area contributed by atoms with Crippen molar-refractivity contribution in [3.8, 4) is 27.4 Å². The Hall–Kier alpha value is -3.48. The number of hydrogen-bond donors (Lipinski definition) is 0. The second-order valence-electron chi connectivity index (χ2n) is 7.94. The lowest BCUT2D eigenvalue weighted by Crippen LogP contribution is -2.02. The Morgan fingerprint density at radius 2 is 1.74 bits per heavy atom. The van der Waals surface area contributed by atoms with E-state index in [2.05, 4.69) is 4.98 Å². The molecule has 0 saturated heterocycles. The monoisotopic (exact) mass is 489 g/mol. The third-order valence-electron chi connectivity index (χ3n) is 5.76. The van der Waals surface area contributed by atoms with Gasteiger partial charge >= 0.3 is 5.97 Å². The van der Waals surface area contributed by atoms with Gasteiger partial charge in [-0.25, -0.2) is 9.78 Å². The number of aromatic nitrogens is 1. The number of Topliss-reactive ketones (excluding diaryl/α,β-unsaturated/α-hetero) is 1. The largest absolute Gasteiger partial charge is 0.487 e. The Morgan fingerprint density at radius 1 is 1.00 bits per heavy atom. The number of halogens is 1. The van der Waals surface area contributed by atoms with E-state index in [-0.39, 0.29) is 18.4 Å². The van der Waals surface area contributed by atoms with Crippen molar-refractivity contribution in [1.29, 1.82) is 0 Å². The maximum absolute atomic E-state index is 12.3. The molecule has 0 spiro atoms. The van der Waals surface area contributed by atoms with Crippen LogP contribution in [0.1, 0.15) is 38.4 Å². The zero-order chi connectivity index (χ0) is 23.7. The number of thiazole rings is 1. The molecule has 5 nitrogen and oxygen atoms in total. The molecule has 0 N–H and O–H groups in total. The number of carbonyl (C=O) groups excluding carboxylic acids is 2. The molecule has 0 unspecified atom stereocenters. The number of fused-ring (bicyclic) bond motifs is 1. The first kappa shape index (κ1) is 22.3. The van der Waals surface area contributed by atoms with Gasteiger partial charge in [-0.05, 0) is 53.9 Å². The molecule has 34 heavy (non-hydrogen) atoms. The van der Waals surface area contributed by atoms with E-state index in [4.69, 9.17) is 21.1 Å². The van der Waals surface area contributed by atoms with E-state index in [0.29, 0.717) is 28.3 Å². The summed E-state index contributed by atoms with van der Waals surface area (Å²) in [5.41, 5.74) is 5.77. The molecule has 3 aromatic carbocycles. The molecule has 1 aromatic heterocycles. The van der Waals surface area contributed by atoms with Crippen molar-refractivity contribution in [2.45, 2.75) is 19.4 Å². The molecule has 0 saturated carbocycles. The fourth-order valence-corrected chi connectivity index (χ4v) is 4.91. The predicted octanol–water partition coefficient (Wildman–Crippen LogP) is 6.63. The number of hydrogen-bond acceptors (Lipinski definition) is 6. The molecule has 5 rings (SSSR count). The smallest absolute Gasteiger partial charge is 0.337 e. The fraction of sp³-hybridized carbons (Fsp3) is 0.148. The van der Waals surface area contributed by atoms with Crippen LogP contribution in [0, 0.1) is 0 Å². The van der Waals surface area contributed by atoms with Gasteiger partial charge in [0.2, 0.25) is 0 Å². The number of aryl methyl sites for hydroxylation is 1. The van der Waals surface area contributed by atoms with Gasteiger partial charge < -0.3 is 9.47 Å². The number of rotatable bonds is 6. The standard InChI is InChI=1S/C27H20ClNO4S/c1-32-27(31)18-4-2-16(3-5-18)23-12-19-8-11-24(30)22(19)13-25(23)33-14-21-15-34-26(29-21)17-6-9-20(28)10-7-17/h2-7,9-10,12-13,15H,8,11,14H2,1H3. The first-order valence-corrected chi connectivity index (χ1v) is 12.0. The molecule has 7 heteroatoms. The van der Waals surface area contributed by atoms with Gasteiger partial charge in [-0.1, -0.05) is 35.9 Å². The van der Waals surface area contributed by atoms with Crippen LogP contribution in [0.3, 0.4) is 0 Å². The average Bonchev–Trinajstić information content (AvgIpc) is 3.49. The van der Waals surface area contributed by atoms with Crippen molar-refractivity contribution in [2.75, 3.05) is 7.11 Å². The lowest BCUT2D eigenvalue weighted by Gasteiger charge is -2.14. The molecule has 0 radical (unpaired) electrons. The maximum atomic E-state index is 12.3. The van der Waals surface area contributed by atoms with E-state index < -0.39 is 0 Å². The van der Waals surface area contributed by atoms with Crippen LogP contribution in [0.5, 0.6) is 5.75 Å². The highest BCUT2D eigenvalue weighted by Crippen LogP contribution is 2.37.